The highest BCUT2D eigenvalue weighted by molar-refractivity contribution is 6.32. The number of hydrogen-bond acceptors (Lipinski definition) is 5. The zero-order valence-electron chi connectivity index (χ0n) is 11.7. The molecule has 9 heteroatoms. The minimum atomic E-state index is -0.973. The number of halogens is 2. The number of benzene rings is 1. The summed E-state index contributed by atoms with van der Waals surface area (Å²) >= 11 is 5.81. The Morgan fingerprint density at radius 2 is 2.22 bits per heavy atom. The summed E-state index contributed by atoms with van der Waals surface area (Å²) < 4.78 is 18.3. The summed E-state index contributed by atoms with van der Waals surface area (Å²) in [4.78, 5) is 18.3. The van der Waals surface area contributed by atoms with Gasteiger partial charge in [0.25, 0.3) is 5.91 Å². The Balaban J connectivity index is 2.07. The molecule has 2 aromatic rings. The maximum Gasteiger partial charge on any atom is 0.267 e. The average Bonchev–Trinajstić information content (AvgIpc) is 2.91. The fourth-order valence-corrected chi connectivity index (χ4v) is 1.84. The van der Waals surface area contributed by atoms with E-state index in [-0.39, 0.29) is 28.1 Å². The van der Waals surface area contributed by atoms with Gasteiger partial charge in [-0.25, -0.2) is 9.37 Å². The van der Waals surface area contributed by atoms with E-state index in [0.717, 1.165) is 12.1 Å². The molecule has 1 amide bonds. The lowest BCUT2D eigenvalue weighted by molar-refractivity contribution is -0.122. The van der Waals surface area contributed by atoms with Crippen LogP contribution in [0.1, 0.15) is 18.3 Å². The van der Waals surface area contributed by atoms with Gasteiger partial charge in [0.2, 0.25) is 5.95 Å². The molecule has 1 heterocycles. The van der Waals surface area contributed by atoms with Crippen LogP contribution in [0.3, 0.4) is 0 Å². The molecular weight excluding hydrogens is 325 g/mol. The van der Waals surface area contributed by atoms with Gasteiger partial charge in [-0.05, 0) is 25.1 Å². The first-order valence-electron chi connectivity index (χ1n) is 6.27. The number of carbonyl (C=O) groups excluding carboxylic acids is 1. The van der Waals surface area contributed by atoms with E-state index in [1.54, 1.807) is 12.1 Å². The third-order valence-electron chi connectivity index (χ3n) is 2.73. The Labute approximate surface area is 135 Å². The molecule has 0 fully saturated rings. The van der Waals surface area contributed by atoms with Crippen LogP contribution in [-0.4, -0.2) is 22.0 Å². The predicted molar refractivity (Wildman–Crippen MR) is 78.1 cm³/mol. The van der Waals surface area contributed by atoms with Gasteiger partial charge >= 0.3 is 0 Å². The monoisotopic (exact) mass is 333 g/mol. The summed E-state index contributed by atoms with van der Waals surface area (Å²) in [5, 5.41) is 20.0. The number of imidazole rings is 1. The number of nitrogens with zero attached hydrogens (tertiary/aromatic N) is 3. The number of aromatic amines is 1. The van der Waals surface area contributed by atoms with Crippen LogP contribution in [-0.2, 0) is 4.79 Å². The van der Waals surface area contributed by atoms with E-state index < -0.39 is 17.8 Å². The maximum absolute atomic E-state index is 13.0. The summed E-state index contributed by atoms with van der Waals surface area (Å²) in [5.41, 5.74) is -0.184. The van der Waals surface area contributed by atoms with Crippen molar-refractivity contribution >= 4 is 23.5 Å². The molecule has 0 unspecified atom stereocenters. The number of nitriles is 2. The van der Waals surface area contributed by atoms with E-state index in [2.05, 4.69) is 15.3 Å². The molecule has 2 rings (SSSR count). The molecular formula is C14H9ClFN5O2. The van der Waals surface area contributed by atoms with Crippen LogP contribution >= 0.6 is 11.6 Å². The molecule has 7 nitrogen and oxygen atoms in total. The van der Waals surface area contributed by atoms with Gasteiger partial charge < -0.3 is 9.72 Å². The molecule has 1 atom stereocenters. The number of anilines is 1. The number of nitrogens with one attached hydrogen (secondary N) is 2. The molecule has 0 saturated heterocycles. The first-order valence-corrected chi connectivity index (χ1v) is 6.65. The molecule has 1 aromatic carbocycles. The topological polar surface area (TPSA) is 115 Å². The van der Waals surface area contributed by atoms with E-state index in [1.807, 2.05) is 0 Å². The molecule has 0 aliphatic carbocycles. The minimum Gasteiger partial charge on any atom is -0.479 e. The maximum atomic E-state index is 13.0. The van der Waals surface area contributed by atoms with Crippen molar-refractivity contribution in [3.05, 3.63) is 40.4 Å². The van der Waals surface area contributed by atoms with Crippen LogP contribution in [0.5, 0.6) is 5.75 Å². The quantitative estimate of drug-likeness (QED) is 0.891. The predicted octanol–water partition coefficient (Wildman–Crippen LogP) is 2.35. The summed E-state index contributed by atoms with van der Waals surface area (Å²) in [5.74, 6) is -1.02. The van der Waals surface area contributed by atoms with Crippen molar-refractivity contribution in [1.29, 1.82) is 10.5 Å². The number of hydrogen-bond donors (Lipinski definition) is 2. The Bertz CT molecular complexity index is 805. The fraction of sp³-hybridized carbons (Fsp3) is 0.143. The van der Waals surface area contributed by atoms with Crippen LogP contribution in [0.15, 0.2) is 18.2 Å². The number of aromatic nitrogens is 2. The standard InChI is InChI=1S/C14H9ClFN5O2/c1-7(23-12-3-2-8(16)4-9(12)15)13(22)21-14-19-10(5-17)11(6-18)20-14/h2-4,7H,1H3,(H2,19,20,21,22)/t7-/m0/s1. The Hall–Kier alpha value is -3.10. The highest BCUT2D eigenvalue weighted by atomic mass is 35.5. The molecule has 0 aliphatic rings. The molecule has 0 bridgehead atoms. The highest BCUT2D eigenvalue weighted by Gasteiger charge is 2.19. The van der Waals surface area contributed by atoms with Gasteiger partial charge in [-0.3, -0.25) is 10.1 Å². The number of carbonyl (C=O) groups is 1. The van der Waals surface area contributed by atoms with E-state index in [9.17, 15) is 9.18 Å². The number of amides is 1. The zero-order valence-corrected chi connectivity index (χ0v) is 12.5. The van der Waals surface area contributed by atoms with Gasteiger partial charge in [-0.2, -0.15) is 10.5 Å². The normalized spacial score (nSPS) is 11.2. The van der Waals surface area contributed by atoms with Crippen LogP contribution in [0.25, 0.3) is 0 Å². The molecule has 0 saturated carbocycles. The molecule has 2 N–H and O–H groups in total. The molecule has 23 heavy (non-hydrogen) atoms. The number of H-pyrrole nitrogens is 1. The third kappa shape index (κ3) is 3.76. The van der Waals surface area contributed by atoms with E-state index in [4.69, 9.17) is 26.9 Å². The Morgan fingerprint density at radius 3 is 2.78 bits per heavy atom. The Kier molecular flexibility index (Phi) is 4.79. The van der Waals surface area contributed by atoms with Gasteiger partial charge in [-0.1, -0.05) is 11.6 Å². The molecule has 116 valence electrons. The third-order valence-corrected chi connectivity index (χ3v) is 3.03. The summed E-state index contributed by atoms with van der Waals surface area (Å²) in [6.07, 6.45) is -0.973. The summed E-state index contributed by atoms with van der Waals surface area (Å²) in [6, 6.07) is 6.98. The number of ether oxygens (including phenoxy) is 1. The van der Waals surface area contributed by atoms with Gasteiger partial charge in [0.15, 0.2) is 17.5 Å². The van der Waals surface area contributed by atoms with Crippen molar-refractivity contribution in [3.8, 4) is 17.9 Å². The second-order valence-corrected chi connectivity index (χ2v) is 4.76. The van der Waals surface area contributed by atoms with E-state index in [0.29, 0.717) is 0 Å². The van der Waals surface area contributed by atoms with Crippen molar-refractivity contribution in [2.75, 3.05) is 5.32 Å². The van der Waals surface area contributed by atoms with Gasteiger partial charge in [0.05, 0.1) is 5.02 Å². The van der Waals surface area contributed by atoms with E-state index >= 15 is 0 Å². The van der Waals surface area contributed by atoms with Crippen LogP contribution < -0.4 is 10.1 Å². The lowest BCUT2D eigenvalue weighted by Crippen LogP contribution is -2.30. The van der Waals surface area contributed by atoms with Gasteiger partial charge in [0.1, 0.15) is 23.7 Å². The summed E-state index contributed by atoms with van der Waals surface area (Å²) in [6.45, 7) is 1.45. The molecule has 0 spiro atoms. The Morgan fingerprint density at radius 1 is 1.48 bits per heavy atom. The lowest BCUT2D eigenvalue weighted by Gasteiger charge is -2.14. The number of rotatable bonds is 4. The van der Waals surface area contributed by atoms with Crippen LogP contribution in [0.2, 0.25) is 5.02 Å². The van der Waals surface area contributed by atoms with Gasteiger partial charge in [0, 0.05) is 0 Å². The van der Waals surface area contributed by atoms with Crippen LogP contribution in [0, 0.1) is 28.5 Å². The van der Waals surface area contributed by atoms with Crippen molar-refractivity contribution < 1.29 is 13.9 Å². The zero-order chi connectivity index (χ0) is 17.0. The van der Waals surface area contributed by atoms with Crippen molar-refractivity contribution in [1.82, 2.24) is 9.97 Å². The second-order valence-electron chi connectivity index (χ2n) is 4.36. The molecule has 1 aromatic heterocycles. The second kappa shape index (κ2) is 6.77. The lowest BCUT2D eigenvalue weighted by atomic mass is 10.3. The van der Waals surface area contributed by atoms with Crippen LogP contribution in [0.4, 0.5) is 10.3 Å². The van der Waals surface area contributed by atoms with Gasteiger partial charge in [-0.15, -0.1) is 0 Å². The minimum absolute atomic E-state index is 0.0289. The molecule has 0 aliphatic heterocycles. The van der Waals surface area contributed by atoms with Crippen molar-refractivity contribution in [2.24, 2.45) is 0 Å². The highest BCUT2D eigenvalue weighted by Crippen LogP contribution is 2.26. The smallest absolute Gasteiger partial charge is 0.267 e. The molecule has 0 radical (unpaired) electrons. The fourth-order valence-electron chi connectivity index (χ4n) is 1.63. The van der Waals surface area contributed by atoms with E-state index in [1.165, 1.54) is 13.0 Å². The SMILES string of the molecule is C[C@H](Oc1ccc(F)cc1Cl)C(=O)Nc1nc(C#N)c(C#N)[nH]1. The largest absolute Gasteiger partial charge is 0.479 e. The first-order chi connectivity index (χ1) is 10.9. The first kappa shape index (κ1) is 16.3. The average molecular weight is 334 g/mol. The van der Waals surface area contributed by atoms with Crippen molar-refractivity contribution in [3.63, 3.8) is 0 Å². The van der Waals surface area contributed by atoms with Crippen molar-refractivity contribution in [2.45, 2.75) is 13.0 Å². The summed E-state index contributed by atoms with van der Waals surface area (Å²) in [7, 11) is 0.